The van der Waals surface area contributed by atoms with E-state index < -0.39 is 18.3 Å². The second-order valence-corrected chi connectivity index (χ2v) is 7.09. The molecule has 0 aliphatic carbocycles. The van der Waals surface area contributed by atoms with Crippen molar-refractivity contribution in [2.24, 2.45) is 0 Å². The van der Waals surface area contributed by atoms with Gasteiger partial charge in [-0.3, -0.25) is 4.79 Å². The van der Waals surface area contributed by atoms with Gasteiger partial charge in [-0.1, -0.05) is 25.7 Å². The topological polar surface area (TPSA) is 44.8 Å². The van der Waals surface area contributed by atoms with Crippen molar-refractivity contribution in [3.05, 3.63) is 11.0 Å². The van der Waals surface area contributed by atoms with Crippen LogP contribution in [-0.2, 0) is 18.8 Å². The van der Waals surface area contributed by atoms with Gasteiger partial charge in [-0.15, -0.1) is 0 Å². The van der Waals surface area contributed by atoms with Crippen molar-refractivity contribution in [2.75, 3.05) is 6.61 Å². The number of ether oxygens (including phenoxy) is 1. The predicted molar refractivity (Wildman–Crippen MR) is 97.3 cm³/mol. The van der Waals surface area contributed by atoms with Crippen molar-refractivity contribution in [3.8, 4) is 11.8 Å². The Hall–Kier alpha value is -1.25. The SMILES string of the molecule is CCCC#C/C(CC)=C(/CCOC(C)=O)B1OC(C)(C)C(C)(C)O1. The Kier molecular flexibility index (Phi) is 7.57. The predicted octanol–water partition coefficient (Wildman–Crippen LogP) is 4.08. The Morgan fingerprint density at radius 1 is 1.12 bits per heavy atom. The van der Waals surface area contributed by atoms with Crippen LogP contribution < -0.4 is 0 Å². The number of hydrogen-bond donors (Lipinski definition) is 0. The van der Waals surface area contributed by atoms with E-state index in [1.165, 1.54) is 6.92 Å². The van der Waals surface area contributed by atoms with Crippen LogP contribution >= 0.6 is 0 Å². The summed E-state index contributed by atoms with van der Waals surface area (Å²) in [6.07, 6.45) is 3.27. The molecule has 24 heavy (non-hydrogen) atoms. The second-order valence-electron chi connectivity index (χ2n) is 7.09. The highest BCUT2D eigenvalue weighted by Crippen LogP contribution is 2.39. The van der Waals surface area contributed by atoms with Crippen molar-refractivity contribution in [2.45, 2.75) is 85.4 Å². The Morgan fingerprint density at radius 3 is 2.17 bits per heavy atom. The lowest BCUT2D eigenvalue weighted by atomic mass is 9.73. The van der Waals surface area contributed by atoms with E-state index in [2.05, 4.69) is 25.7 Å². The largest absolute Gasteiger partial charge is 0.491 e. The highest BCUT2D eigenvalue weighted by atomic mass is 16.7. The summed E-state index contributed by atoms with van der Waals surface area (Å²) in [6.45, 7) is 14.0. The van der Waals surface area contributed by atoms with Gasteiger partial charge < -0.3 is 14.0 Å². The highest BCUT2D eigenvalue weighted by Gasteiger charge is 2.52. The minimum Gasteiger partial charge on any atom is -0.466 e. The molecule has 1 saturated heterocycles. The number of rotatable bonds is 6. The van der Waals surface area contributed by atoms with Crippen LogP contribution in [-0.4, -0.2) is 30.9 Å². The Bertz CT molecular complexity index is 521. The molecule has 134 valence electrons. The fraction of sp³-hybridized carbons (Fsp3) is 0.737. The van der Waals surface area contributed by atoms with E-state index in [9.17, 15) is 4.79 Å². The van der Waals surface area contributed by atoms with Crippen LogP contribution in [0.15, 0.2) is 11.0 Å². The van der Waals surface area contributed by atoms with Crippen LogP contribution in [0.25, 0.3) is 0 Å². The lowest BCUT2D eigenvalue weighted by Gasteiger charge is -2.32. The smallest absolute Gasteiger partial charge is 0.466 e. The minimum atomic E-state index is -0.448. The third-order valence-corrected chi connectivity index (χ3v) is 4.57. The molecular formula is C19H31BO4. The summed E-state index contributed by atoms with van der Waals surface area (Å²) in [5.74, 6) is 6.19. The van der Waals surface area contributed by atoms with Gasteiger partial charge in [-0.05, 0) is 51.6 Å². The van der Waals surface area contributed by atoms with Crippen molar-refractivity contribution >= 4 is 13.1 Å². The zero-order valence-corrected chi connectivity index (χ0v) is 16.2. The molecule has 4 nitrogen and oxygen atoms in total. The first-order chi connectivity index (χ1) is 11.1. The van der Waals surface area contributed by atoms with Crippen LogP contribution in [0.4, 0.5) is 0 Å². The Labute approximate surface area is 147 Å². The second kappa shape index (κ2) is 8.73. The van der Waals surface area contributed by atoms with Gasteiger partial charge >= 0.3 is 13.1 Å². The first-order valence-corrected chi connectivity index (χ1v) is 8.84. The average molecular weight is 334 g/mol. The van der Waals surface area contributed by atoms with Gasteiger partial charge in [0.15, 0.2) is 0 Å². The molecule has 0 bridgehead atoms. The molecular weight excluding hydrogens is 303 g/mol. The van der Waals surface area contributed by atoms with Crippen molar-refractivity contribution < 1.29 is 18.8 Å². The lowest BCUT2D eigenvalue weighted by Crippen LogP contribution is -2.41. The molecule has 1 fully saturated rings. The van der Waals surface area contributed by atoms with Gasteiger partial charge in [-0.25, -0.2) is 0 Å². The molecule has 1 heterocycles. The molecule has 5 heteroatoms. The molecule has 0 saturated carbocycles. The fourth-order valence-corrected chi connectivity index (χ4v) is 2.39. The van der Waals surface area contributed by atoms with E-state index in [-0.39, 0.29) is 5.97 Å². The Balaban J connectivity index is 3.09. The summed E-state index contributed by atoms with van der Waals surface area (Å²) in [7, 11) is -0.448. The van der Waals surface area contributed by atoms with E-state index in [1.54, 1.807) is 0 Å². The standard InChI is InChI=1S/C19H31BO4/c1-8-10-11-12-16(9-2)17(13-14-22-15(3)21)20-23-18(4,5)19(6,7)24-20/h8-10,13-14H2,1-7H3/b17-16-. The van der Waals surface area contributed by atoms with E-state index in [0.29, 0.717) is 13.0 Å². The van der Waals surface area contributed by atoms with Crippen molar-refractivity contribution in [1.29, 1.82) is 0 Å². The van der Waals surface area contributed by atoms with Gasteiger partial charge in [0.05, 0.1) is 17.8 Å². The van der Waals surface area contributed by atoms with E-state index >= 15 is 0 Å². The summed E-state index contributed by atoms with van der Waals surface area (Å²) in [5, 5.41) is 0. The van der Waals surface area contributed by atoms with Crippen LogP contribution in [0, 0.1) is 11.8 Å². The molecule has 0 radical (unpaired) electrons. The quantitative estimate of drug-likeness (QED) is 0.417. The summed E-state index contributed by atoms with van der Waals surface area (Å²) in [5.41, 5.74) is 1.20. The maximum Gasteiger partial charge on any atom is 0.491 e. The van der Waals surface area contributed by atoms with Gasteiger partial charge in [0.2, 0.25) is 0 Å². The molecule has 1 aliphatic heterocycles. The number of carbonyl (C=O) groups excluding carboxylic acids is 1. The molecule has 0 unspecified atom stereocenters. The monoisotopic (exact) mass is 334 g/mol. The maximum absolute atomic E-state index is 11.1. The number of carbonyl (C=O) groups is 1. The number of allylic oxidation sites excluding steroid dienone is 1. The first kappa shape index (κ1) is 20.8. The zero-order chi connectivity index (χ0) is 18.4. The summed E-state index contributed by atoms with van der Waals surface area (Å²) >= 11 is 0. The van der Waals surface area contributed by atoms with Crippen molar-refractivity contribution in [1.82, 2.24) is 0 Å². The third-order valence-electron chi connectivity index (χ3n) is 4.57. The van der Waals surface area contributed by atoms with Gasteiger partial charge in [0.1, 0.15) is 0 Å². The van der Waals surface area contributed by atoms with Crippen LogP contribution in [0.1, 0.15) is 74.1 Å². The summed E-state index contributed by atoms with van der Waals surface area (Å²) in [6, 6.07) is 0. The highest BCUT2D eigenvalue weighted by molar-refractivity contribution is 6.55. The third kappa shape index (κ3) is 5.39. The van der Waals surface area contributed by atoms with Crippen LogP contribution in [0.3, 0.4) is 0 Å². The molecule has 0 atom stereocenters. The summed E-state index contributed by atoms with van der Waals surface area (Å²) < 4.78 is 17.5. The number of unbranched alkanes of at least 4 members (excludes halogenated alkanes) is 1. The molecule has 0 N–H and O–H groups in total. The molecule has 0 aromatic heterocycles. The minimum absolute atomic E-state index is 0.279. The number of esters is 1. The first-order valence-electron chi connectivity index (χ1n) is 8.84. The van der Waals surface area contributed by atoms with Crippen molar-refractivity contribution in [3.63, 3.8) is 0 Å². The Morgan fingerprint density at radius 2 is 1.71 bits per heavy atom. The van der Waals surface area contributed by atoms with Crippen LogP contribution in [0.5, 0.6) is 0 Å². The van der Waals surface area contributed by atoms with Crippen LogP contribution in [0.2, 0.25) is 0 Å². The molecule has 1 rings (SSSR count). The molecule has 1 aliphatic rings. The molecule has 0 aromatic rings. The average Bonchev–Trinajstić information content (AvgIpc) is 2.69. The van der Waals surface area contributed by atoms with Gasteiger partial charge in [0.25, 0.3) is 0 Å². The maximum atomic E-state index is 11.1. The van der Waals surface area contributed by atoms with E-state index in [4.69, 9.17) is 14.0 Å². The van der Waals surface area contributed by atoms with Gasteiger partial charge in [0, 0.05) is 19.8 Å². The number of hydrogen-bond acceptors (Lipinski definition) is 4. The van der Waals surface area contributed by atoms with E-state index in [0.717, 1.165) is 30.3 Å². The molecule has 0 spiro atoms. The summed E-state index contributed by atoms with van der Waals surface area (Å²) in [4.78, 5) is 11.1. The fourth-order valence-electron chi connectivity index (χ4n) is 2.39. The normalized spacial score (nSPS) is 19.4. The molecule has 0 aromatic carbocycles. The lowest BCUT2D eigenvalue weighted by molar-refractivity contribution is -0.140. The van der Waals surface area contributed by atoms with Gasteiger partial charge in [-0.2, -0.15) is 0 Å². The zero-order valence-electron chi connectivity index (χ0n) is 16.2. The molecule has 0 amide bonds. The van der Waals surface area contributed by atoms with E-state index in [1.807, 2.05) is 27.7 Å².